The molecular formula is C17H25N5O3. The summed E-state index contributed by atoms with van der Waals surface area (Å²) in [5.74, 6) is -0.238. The van der Waals surface area contributed by atoms with Gasteiger partial charge in [0, 0.05) is 38.4 Å². The Kier molecular flexibility index (Phi) is 5.80. The molecule has 0 spiro atoms. The summed E-state index contributed by atoms with van der Waals surface area (Å²) in [4.78, 5) is 37.0. The molecular weight excluding hydrogens is 322 g/mol. The second kappa shape index (κ2) is 8.24. The van der Waals surface area contributed by atoms with Crippen molar-refractivity contribution in [3.05, 3.63) is 23.8 Å². The second-order valence-corrected chi connectivity index (χ2v) is 6.54. The highest BCUT2D eigenvalue weighted by molar-refractivity contribution is 5.92. The van der Waals surface area contributed by atoms with Gasteiger partial charge < -0.3 is 19.9 Å². The molecule has 25 heavy (non-hydrogen) atoms. The van der Waals surface area contributed by atoms with Gasteiger partial charge in [-0.1, -0.05) is 0 Å². The van der Waals surface area contributed by atoms with Crippen molar-refractivity contribution in [2.75, 3.05) is 39.4 Å². The average molecular weight is 347 g/mol. The molecule has 2 aliphatic heterocycles. The first-order valence-electron chi connectivity index (χ1n) is 8.84. The SMILES string of the molecule is Cc1cnc(C(=O)N[C@@H]2CCCCN(C(=O)N3CCOCC3)C2)cn1. The number of likely N-dealkylation sites (tertiary alicyclic amines) is 1. The molecule has 136 valence electrons. The zero-order valence-corrected chi connectivity index (χ0v) is 14.6. The Morgan fingerprint density at radius 2 is 1.92 bits per heavy atom. The van der Waals surface area contributed by atoms with Crippen LogP contribution in [0, 0.1) is 6.92 Å². The molecule has 0 saturated carbocycles. The lowest BCUT2D eigenvalue weighted by molar-refractivity contribution is 0.0429. The van der Waals surface area contributed by atoms with Gasteiger partial charge in [-0.3, -0.25) is 9.78 Å². The van der Waals surface area contributed by atoms with Crippen LogP contribution in [-0.2, 0) is 4.74 Å². The van der Waals surface area contributed by atoms with E-state index in [1.165, 1.54) is 6.20 Å². The van der Waals surface area contributed by atoms with Crippen molar-refractivity contribution < 1.29 is 14.3 Å². The van der Waals surface area contributed by atoms with Crippen LogP contribution in [0.25, 0.3) is 0 Å². The van der Waals surface area contributed by atoms with Gasteiger partial charge in [-0.05, 0) is 26.2 Å². The van der Waals surface area contributed by atoms with E-state index in [2.05, 4.69) is 15.3 Å². The summed E-state index contributed by atoms with van der Waals surface area (Å²) in [6, 6.07) is -0.0253. The van der Waals surface area contributed by atoms with Crippen LogP contribution in [-0.4, -0.2) is 77.1 Å². The fourth-order valence-corrected chi connectivity index (χ4v) is 3.16. The van der Waals surface area contributed by atoms with E-state index in [-0.39, 0.29) is 18.0 Å². The predicted molar refractivity (Wildman–Crippen MR) is 91.2 cm³/mol. The van der Waals surface area contributed by atoms with Crippen LogP contribution in [0.5, 0.6) is 0 Å². The Labute approximate surface area is 147 Å². The third-order valence-corrected chi connectivity index (χ3v) is 4.57. The first kappa shape index (κ1) is 17.6. The van der Waals surface area contributed by atoms with Crippen LogP contribution in [0.2, 0.25) is 0 Å². The molecule has 1 aromatic rings. The maximum absolute atomic E-state index is 12.7. The van der Waals surface area contributed by atoms with Crippen molar-refractivity contribution in [3.63, 3.8) is 0 Å². The minimum Gasteiger partial charge on any atom is -0.378 e. The lowest BCUT2D eigenvalue weighted by Gasteiger charge is -2.33. The summed E-state index contributed by atoms with van der Waals surface area (Å²) in [5.41, 5.74) is 1.08. The molecule has 0 aliphatic carbocycles. The molecule has 0 bridgehead atoms. The molecule has 3 amide bonds. The lowest BCUT2D eigenvalue weighted by Crippen LogP contribution is -2.51. The first-order valence-corrected chi connectivity index (χ1v) is 8.84. The normalized spacial score (nSPS) is 21.6. The van der Waals surface area contributed by atoms with Crippen molar-refractivity contribution in [2.45, 2.75) is 32.2 Å². The Balaban J connectivity index is 1.60. The standard InChI is InChI=1S/C17H25N5O3/c1-13-10-19-15(11-18-13)16(23)20-14-4-2-3-5-22(12-14)17(24)21-6-8-25-9-7-21/h10-11,14H,2-9,12H2,1H3,(H,20,23)/t14-/m1/s1. The number of nitrogens with zero attached hydrogens (tertiary/aromatic N) is 4. The molecule has 3 heterocycles. The van der Waals surface area contributed by atoms with Gasteiger partial charge >= 0.3 is 6.03 Å². The van der Waals surface area contributed by atoms with E-state index >= 15 is 0 Å². The quantitative estimate of drug-likeness (QED) is 0.856. The van der Waals surface area contributed by atoms with E-state index in [1.807, 2.05) is 16.7 Å². The molecule has 2 aliphatic rings. The van der Waals surface area contributed by atoms with Gasteiger partial charge in [0.25, 0.3) is 5.91 Å². The maximum atomic E-state index is 12.7. The van der Waals surface area contributed by atoms with Gasteiger partial charge in [0.15, 0.2) is 0 Å². The molecule has 8 nitrogen and oxygen atoms in total. The summed E-state index contributed by atoms with van der Waals surface area (Å²) in [6.45, 7) is 5.53. The molecule has 1 N–H and O–H groups in total. The highest BCUT2D eigenvalue weighted by Crippen LogP contribution is 2.14. The Morgan fingerprint density at radius 1 is 1.12 bits per heavy atom. The number of morpholine rings is 1. The van der Waals surface area contributed by atoms with E-state index in [0.29, 0.717) is 38.5 Å². The van der Waals surface area contributed by atoms with E-state index < -0.39 is 0 Å². The summed E-state index contributed by atoms with van der Waals surface area (Å²) < 4.78 is 5.31. The van der Waals surface area contributed by atoms with Crippen LogP contribution in [0.3, 0.4) is 0 Å². The number of ether oxygens (including phenoxy) is 1. The Bertz CT molecular complexity index is 601. The van der Waals surface area contributed by atoms with E-state index in [1.54, 1.807) is 6.20 Å². The van der Waals surface area contributed by atoms with Crippen molar-refractivity contribution >= 4 is 11.9 Å². The first-order chi connectivity index (χ1) is 12.1. The maximum Gasteiger partial charge on any atom is 0.320 e. The zero-order chi connectivity index (χ0) is 17.6. The van der Waals surface area contributed by atoms with Gasteiger partial charge in [-0.15, -0.1) is 0 Å². The molecule has 1 aromatic heterocycles. The fourth-order valence-electron chi connectivity index (χ4n) is 3.16. The zero-order valence-electron chi connectivity index (χ0n) is 14.6. The van der Waals surface area contributed by atoms with E-state index in [9.17, 15) is 9.59 Å². The minimum absolute atomic E-state index is 0.0413. The number of rotatable bonds is 2. The van der Waals surface area contributed by atoms with Crippen molar-refractivity contribution in [3.8, 4) is 0 Å². The predicted octanol–water partition coefficient (Wildman–Crippen LogP) is 0.822. The fraction of sp³-hybridized carbons (Fsp3) is 0.647. The van der Waals surface area contributed by atoms with Crippen molar-refractivity contribution in [1.29, 1.82) is 0 Å². The molecule has 3 rings (SSSR count). The summed E-state index contributed by atoms with van der Waals surface area (Å²) in [7, 11) is 0. The third-order valence-electron chi connectivity index (χ3n) is 4.57. The van der Waals surface area contributed by atoms with Crippen LogP contribution < -0.4 is 5.32 Å². The van der Waals surface area contributed by atoms with Gasteiger partial charge in [0.05, 0.1) is 25.1 Å². The smallest absolute Gasteiger partial charge is 0.320 e. The summed E-state index contributed by atoms with van der Waals surface area (Å²) in [6.07, 6.45) is 5.86. The summed E-state index contributed by atoms with van der Waals surface area (Å²) >= 11 is 0. The molecule has 2 saturated heterocycles. The second-order valence-electron chi connectivity index (χ2n) is 6.54. The van der Waals surface area contributed by atoms with Crippen LogP contribution in [0.15, 0.2) is 12.4 Å². The lowest BCUT2D eigenvalue weighted by atomic mass is 10.1. The number of carbonyl (C=O) groups excluding carboxylic acids is 2. The molecule has 0 unspecified atom stereocenters. The Morgan fingerprint density at radius 3 is 2.64 bits per heavy atom. The van der Waals surface area contributed by atoms with Gasteiger partial charge in [0.1, 0.15) is 5.69 Å². The van der Waals surface area contributed by atoms with Crippen LogP contribution in [0.1, 0.15) is 35.4 Å². The number of nitrogens with one attached hydrogen (secondary N) is 1. The van der Waals surface area contributed by atoms with Crippen molar-refractivity contribution in [2.24, 2.45) is 0 Å². The highest BCUT2D eigenvalue weighted by Gasteiger charge is 2.27. The molecule has 2 fully saturated rings. The number of aromatic nitrogens is 2. The number of hydrogen-bond acceptors (Lipinski definition) is 5. The van der Waals surface area contributed by atoms with Gasteiger partial charge in [-0.25, -0.2) is 9.78 Å². The largest absolute Gasteiger partial charge is 0.378 e. The Hall–Kier alpha value is -2.22. The highest BCUT2D eigenvalue weighted by atomic mass is 16.5. The van der Waals surface area contributed by atoms with Crippen molar-refractivity contribution in [1.82, 2.24) is 25.1 Å². The third kappa shape index (κ3) is 4.66. The molecule has 8 heteroatoms. The number of aryl methyl sites for hydroxylation is 1. The topological polar surface area (TPSA) is 87.7 Å². The number of hydrogen-bond donors (Lipinski definition) is 1. The van der Waals surface area contributed by atoms with Gasteiger partial charge in [0.2, 0.25) is 0 Å². The number of amides is 3. The average Bonchev–Trinajstić information content (AvgIpc) is 2.88. The van der Waals surface area contributed by atoms with E-state index in [4.69, 9.17) is 4.74 Å². The van der Waals surface area contributed by atoms with E-state index in [0.717, 1.165) is 31.5 Å². The minimum atomic E-state index is -0.238. The monoisotopic (exact) mass is 347 g/mol. The molecule has 0 aromatic carbocycles. The molecule has 1 atom stereocenters. The summed E-state index contributed by atoms with van der Waals surface area (Å²) in [5, 5.41) is 3.00. The van der Waals surface area contributed by atoms with Crippen LogP contribution >= 0.6 is 0 Å². The number of carbonyl (C=O) groups is 2. The van der Waals surface area contributed by atoms with Crippen LogP contribution in [0.4, 0.5) is 4.79 Å². The van der Waals surface area contributed by atoms with Gasteiger partial charge in [-0.2, -0.15) is 0 Å². The molecule has 0 radical (unpaired) electrons. The number of urea groups is 1.